The zero-order valence-corrected chi connectivity index (χ0v) is 14.5. The zero-order chi connectivity index (χ0) is 18.1. The lowest BCUT2D eigenvalue weighted by Gasteiger charge is -2.20. The highest BCUT2D eigenvalue weighted by Gasteiger charge is 2.22. The largest absolute Gasteiger partial charge is 0.459 e. The molecule has 0 aliphatic heterocycles. The Morgan fingerprint density at radius 3 is 2.20 bits per heavy atom. The molecule has 0 aromatic heterocycles. The SMILES string of the molecule is CC(=O)N[C@@H](CO[C@@H](C)c1ccccc1)C(=O)OCc1ccccc1. The molecule has 0 heterocycles. The standard InChI is InChI=1S/C20H23NO4/c1-15(18-11-7-4-8-12-18)24-14-19(21-16(2)22)20(23)25-13-17-9-5-3-6-10-17/h3-12,15,19H,13-14H2,1-2H3,(H,21,22)/t15-,19-/m0/s1. The molecule has 0 spiro atoms. The van der Waals surface area contributed by atoms with Gasteiger partial charge in [0.15, 0.2) is 6.04 Å². The molecule has 0 radical (unpaired) electrons. The fourth-order valence-electron chi connectivity index (χ4n) is 2.30. The average Bonchev–Trinajstić information content (AvgIpc) is 2.64. The summed E-state index contributed by atoms with van der Waals surface area (Å²) >= 11 is 0. The van der Waals surface area contributed by atoms with Gasteiger partial charge in [0, 0.05) is 6.92 Å². The van der Waals surface area contributed by atoms with Crippen LogP contribution in [0.15, 0.2) is 60.7 Å². The Bertz CT molecular complexity index is 673. The number of hydrogen-bond acceptors (Lipinski definition) is 4. The van der Waals surface area contributed by atoms with E-state index in [2.05, 4.69) is 5.32 Å². The molecule has 2 aromatic carbocycles. The molecular formula is C20H23NO4. The summed E-state index contributed by atoms with van der Waals surface area (Å²) in [5, 5.41) is 2.58. The van der Waals surface area contributed by atoms with Gasteiger partial charge < -0.3 is 14.8 Å². The van der Waals surface area contributed by atoms with Crippen LogP contribution >= 0.6 is 0 Å². The summed E-state index contributed by atoms with van der Waals surface area (Å²) in [6.45, 7) is 3.46. The Morgan fingerprint density at radius 1 is 1.00 bits per heavy atom. The number of esters is 1. The second-order valence-corrected chi connectivity index (χ2v) is 5.73. The second-order valence-electron chi connectivity index (χ2n) is 5.73. The molecule has 5 heteroatoms. The first kappa shape index (κ1) is 18.7. The summed E-state index contributed by atoms with van der Waals surface area (Å²) in [6, 6.07) is 18.2. The third-order valence-corrected chi connectivity index (χ3v) is 3.67. The van der Waals surface area contributed by atoms with Crippen LogP contribution in [0.1, 0.15) is 31.1 Å². The number of amides is 1. The number of rotatable bonds is 8. The van der Waals surface area contributed by atoms with Crippen LogP contribution in [-0.2, 0) is 25.7 Å². The lowest BCUT2D eigenvalue weighted by Crippen LogP contribution is -2.44. The molecule has 1 N–H and O–H groups in total. The number of ether oxygens (including phenoxy) is 2. The van der Waals surface area contributed by atoms with Crippen molar-refractivity contribution in [1.82, 2.24) is 5.32 Å². The van der Waals surface area contributed by atoms with Crippen molar-refractivity contribution < 1.29 is 19.1 Å². The number of benzene rings is 2. The van der Waals surface area contributed by atoms with Crippen molar-refractivity contribution in [2.45, 2.75) is 32.6 Å². The Labute approximate surface area is 148 Å². The highest BCUT2D eigenvalue weighted by molar-refractivity contribution is 5.83. The number of hydrogen-bond donors (Lipinski definition) is 1. The van der Waals surface area contributed by atoms with Gasteiger partial charge in [0.1, 0.15) is 6.61 Å². The summed E-state index contributed by atoms with van der Waals surface area (Å²) in [5.41, 5.74) is 1.89. The van der Waals surface area contributed by atoms with E-state index in [4.69, 9.17) is 9.47 Å². The molecule has 2 aromatic rings. The average molecular weight is 341 g/mol. The van der Waals surface area contributed by atoms with Gasteiger partial charge in [-0.25, -0.2) is 4.79 Å². The van der Waals surface area contributed by atoms with Crippen LogP contribution in [0.2, 0.25) is 0 Å². The first-order valence-corrected chi connectivity index (χ1v) is 8.20. The molecule has 0 unspecified atom stereocenters. The van der Waals surface area contributed by atoms with E-state index in [1.807, 2.05) is 67.6 Å². The van der Waals surface area contributed by atoms with Crippen LogP contribution in [0.25, 0.3) is 0 Å². The lowest BCUT2D eigenvalue weighted by molar-refractivity contribution is -0.151. The molecule has 2 atom stereocenters. The van der Waals surface area contributed by atoms with Crippen LogP contribution in [0.4, 0.5) is 0 Å². The molecule has 5 nitrogen and oxygen atoms in total. The fourth-order valence-corrected chi connectivity index (χ4v) is 2.30. The third kappa shape index (κ3) is 6.39. The van der Waals surface area contributed by atoms with Crippen molar-refractivity contribution in [3.05, 3.63) is 71.8 Å². The van der Waals surface area contributed by atoms with Crippen molar-refractivity contribution in [1.29, 1.82) is 0 Å². The van der Waals surface area contributed by atoms with Gasteiger partial charge in [-0.15, -0.1) is 0 Å². The predicted octanol–water partition coefficient (Wildman–Crippen LogP) is 3.01. The first-order valence-electron chi connectivity index (χ1n) is 8.20. The summed E-state index contributed by atoms with van der Waals surface area (Å²) in [4.78, 5) is 23.7. The maximum Gasteiger partial charge on any atom is 0.331 e. The molecule has 0 saturated heterocycles. The van der Waals surface area contributed by atoms with Crippen LogP contribution < -0.4 is 5.32 Å². The summed E-state index contributed by atoms with van der Waals surface area (Å²) < 4.78 is 11.0. The van der Waals surface area contributed by atoms with Crippen LogP contribution in [-0.4, -0.2) is 24.5 Å². The molecule has 0 fully saturated rings. The third-order valence-electron chi connectivity index (χ3n) is 3.67. The van der Waals surface area contributed by atoms with E-state index in [0.717, 1.165) is 11.1 Å². The summed E-state index contributed by atoms with van der Waals surface area (Å²) in [7, 11) is 0. The maximum absolute atomic E-state index is 12.3. The highest BCUT2D eigenvalue weighted by Crippen LogP contribution is 2.16. The van der Waals surface area contributed by atoms with Crippen molar-refractivity contribution in [3.8, 4) is 0 Å². The molecule has 2 rings (SSSR count). The minimum absolute atomic E-state index is 0.0449. The Kier molecular flexibility index (Phi) is 7.16. The maximum atomic E-state index is 12.3. The quantitative estimate of drug-likeness (QED) is 0.750. The Morgan fingerprint density at radius 2 is 1.60 bits per heavy atom. The molecule has 0 aliphatic rings. The molecule has 0 aliphatic carbocycles. The van der Waals surface area contributed by atoms with Gasteiger partial charge in [-0.3, -0.25) is 4.79 Å². The van der Waals surface area contributed by atoms with Gasteiger partial charge in [-0.1, -0.05) is 60.7 Å². The Balaban J connectivity index is 1.90. The second kappa shape index (κ2) is 9.59. The molecule has 132 valence electrons. The summed E-state index contributed by atoms with van der Waals surface area (Å²) in [5.74, 6) is -0.822. The van der Waals surface area contributed by atoms with Gasteiger partial charge in [0.05, 0.1) is 12.7 Å². The minimum atomic E-state index is -0.840. The van der Waals surface area contributed by atoms with Gasteiger partial charge in [-0.2, -0.15) is 0 Å². The minimum Gasteiger partial charge on any atom is -0.459 e. The van der Waals surface area contributed by atoms with E-state index >= 15 is 0 Å². The van der Waals surface area contributed by atoms with E-state index in [-0.39, 0.29) is 25.2 Å². The number of nitrogens with one attached hydrogen (secondary N) is 1. The fraction of sp³-hybridized carbons (Fsp3) is 0.300. The van der Waals surface area contributed by atoms with E-state index in [1.54, 1.807) is 0 Å². The number of carbonyl (C=O) groups is 2. The van der Waals surface area contributed by atoms with Crippen molar-refractivity contribution in [2.75, 3.05) is 6.61 Å². The number of carbonyl (C=O) groups excluding carboxylic acids is 2. The van der Waals surface area contributed by atoms with E-state index in [0.29, 0.717) is 0 Å². The predicted molar refractivity (Wildman–Crippen MR) is 94.7 cm³/mol. The normalized spacial score (nSPS) is 12.9. The Hall–Kier alpha value is -2.66. The topological polar surface area (TPSA) is 64.6 Å². The van der Waals surface area contributed by atoms with Gasteiger partial charge in [0.2, 0.25) is 5.91 Å². The van der Waals surface area contributed by atoms with Gasteiger partial charge in [0.25, 0.3) is 0 Å². The smallest absolute Gasteiger partial charge is 0.331 e. The first-order chi connectivity index (χ1) is 12.1. The molecule has 0 bridgehead atoms. The van der Waals surface area contributed by atoms with Crippen LogP contribution in [0.3, 0.4) is 0 Å². The highest BCUT2D eigenvalue weighted by atomic mass is 16.5. The molecular weight excluding hydrogens is 318 g/mol. The monoisotopic (exact) mass is 341 g/mol. The van der Waals surface area contributed by atoms with E-state index < -0.39 is 12.0 Å². The molecule has 0 saturated carbocycles. The van der Waals surface area contributed by atoms with Gasteiger partial charge >= 0.3 is 5.97 Å². The van der Waals surface area contributed by atoms with Gasteiger partial charge in [-0.05, 0) is 18.1 Å². The molecule has 1 amide bonds. The van der Waals surface area contributed by atoms with Crippen molar-refractivity contribution >= 4 is 11.9 Å². The zero-order valence-electron chi connectivity index (χ0n) is 14.5. The van der Waals surface area contributed by atoms with E-state index in [9.17, 15) is 9.59 Å². The van der Waals surface area contributed by atoms with Crippen molar-refractivity contribution in [2.24, 2.45) is 0 Å². The van der Waals surface area contributed by atoms with Crippen LogP contribution in [0, 0.1) is 0 Å². The summed E-state index contributed by atoms with van der Waals surface area (Å²) in [6.07, 6.45) is -0.195. The van der Waals surface area contributed by atoms with E-state index in [1.165, 1.54) is 6.92 Å². The van der Waals surface area contributed by atoms with Crippen LogP contribution in [0.5, 0.6) is 0 Å². The van der Waals surface area contributed by atoms with Crippen molar-refractivity contribution in [3.63, 3.8) is 0 Å². The lowest BCUT2D eigenvalue weighted by atomic mass is 10.1. The molecule has 25 heavy (non-hydrogen) atoms.